The first-order valence-electron chi connectivity index (χ1n) is 5.05. The molecule has 6 heteroatoms. The number of nitrogens with two attached hydrogens (primary N) is 1. The highest BCUT2D eigenvalue weighted by atomic mass is 16.3. The molecule has 0 aromatic carbocycles. The zero-order valence-electron chi connectivity index (χ0n) is 9.64. The second kappa shape index (κ2) is 3.71. The van der Waals surface area contributed by atoms with Crippen LogP contribution >= 0.6 is 0 Å². The standard InChI is InChI=1S/C10H15N5O/c1-7-8(12-6-16-7)4-15-5-9(13-14-15)10(2,3)11/h5-6H,4,11H2,1-3H3. The predicted molar refractivity (Wildman–Crippen MR) is 57.6 cm³/mol. The molecule has 2 aromatic heterocycles. The molecule has 16 heavy (non-hydrogen) atoms. The third-order valence-electron chi connectivity index (χ3n) is 2.35. The minimum absolute atomic E-state index is 0.475. The summed E-state index contributed by atoms with van der Waals surface area (Å²) < 4.78 is 6.82. The Kier molecular flexibility index (Phi) is 2.51. The number of rotatable bonds is 3. The smallest absolute Gasteiger partial charge is 0.181 e. The summed E-state index contributed by atoms with van der Waals surface area (Å²) in [4.78, 5) is 4.10. The van der Waals surface area contributed by atoms with Gasteiger partial charge in [0.1, 0.15) is 17.1 Å². The summed E-state index contributed by atoms with van der Waals surface area (Å²) in [6.45, 7) is 6.20. The molecule has 2 rings (SSSR count). The number of hydrogen-bond donors (Lipinski definition) is 1. The van der Waals surface area contributed by atoms with Crippen LogP contribution in [-0.2, 0) is 12.1 Å². The molecule has 0 aliphatic rings. The van der Waals surface area contributed by atoms with Gasteiger partial charge >= 0.3 is 0 Å². The number of aromatic nitrogens is 4. The molecule has 86 valence electrons. The van der Waals surface area contributed by atoms with Gasteiger partial charge in [-0.05, 0) is 20.8 Å². The molecule has 0 fully saturated rings. The van der Waals surface area contributed by atoms with Crippen molar-refractivity contribution >= 4 is 0 Å². The van der Waals surface area contributed by atoms with Crippen LogP contribution in [0.2, 0.25) is 0 Å². The fourth-order valence-corrected chi connectivity index (χ4v) is 1.30. The van der Waals surface area contributed by atoms with Crippen LogP contribution in [0.25, 0.3) is 0 Å². The Morgan fingerprint density at radius 3 is 2.75 bits per heavy atom. The fourth-order valence-electron chi connectivity index (χ4n) is 1.30. The monoisotopic (exact) mass is 221 g/mol. The van der Waals surface area contributed by atoms with E-state index in [9.17, 15) is 0 Å². The molecule has 0 saturated carbocycles. The van der Waals surface area contributed by atoms with E-state index in [1.54, 1.807) is 4.68 Å². The third kappa shape index (κ3) is 2.11. The molecule has 0 spiro atoms. The lowest BCUT2D eigenvalue weighted by molar-refractivity contribution is 0.521. The normalized spacial score (nSPS) is 12.0. The van der Waals surface area contributed by atoms with E-state index >= 15 is 0 Å². The van der Waals surface area contributed by atoms with E-state index in [4.69, 9.17) is 10.2 Å². The van der Waals surface area contributed by atoms with Crippen molar-refractivity contribution in [1.29, 1.82) is 0 Å². The lowest BCUT2D eigenvalue weighted by Crippen LogP contribution is -2.29. The van der Waals surface area contributed by atoms with Crippen LogP contribution in [0.15, 0.2) is 17.0 Å². The molecule has 0 bridgehead atoms. The van der Waals surface area contributed by atoms with Crippen LogP contribution < -0.4 is 5.73 Å². The molecule has 0 amide bonds. The highest BCUT2D eigenvalue weighted by Gasteiger charge is 2.18. The zero-order chi connectivity index (χ0) is 11.8. The van der Waals surface area contributed by atoms with E-state index in [2.05, 4.69) is 15.3 Å². The molecule has 0 radical (unpaired) electrons. The molecular formula is C10H15N5O. The molecule has 2 aromatic rings. The van der Waals surface area contributed by atoms with Crippen LogP contribution in [0.1, 0.15) is 31.0 Å². The molecule has 6 nitrogen and oxygen atoms in total. The minimum Gasteiger partial charge on any atom is -0.448 e. The topological polar surface area (TPSA) is 82.8 Å². The van der Waals surface area contributed by atoms with Gasteiger partial charge in [-0.3, -0.25) is 0 Å². The Balaban J connectivity index is 2.18. The zero-order valence-corrected chi connectivity index (χ0v) is 9.64. The van der Waals surface area contributed by atoms with Gasteiger partial charge < -0.3 is 10.2 Å². The Labute approximate surface area is 93.5 Å². The van der Waals surface area contributed by atoms with Gasteiger partial charge in [-0.1, -0.05) is 5.21 Å². The molecule has 0 aliphatic heterocycles. The van der Waals surface area contributed by atoms with Gasteiger partial charge in [0, 0.05) is 0 Å². The molecule has 0 atom stereocenters. The van der Waals surface area contributed by atoms with Crippen molar-refractivity contribution in [3.63, 3.8) is 0 Å². The van der Waals surface area contributed by atoms with Gasteiger partial charge in [0.05, 0.1) is 18.3 Å². The van der Waals surface area contributed by atoms with Gasteiger partial charge in [0.25, 0.3) is 0 Å². The number of nitrogens with zero attached hydrogens (tertiary/aromatic N) is 4. The summed E-state index contributed by atoms with van der Waals surface area (Å²) in [6, 6.07) is 0. The van der Waals surface area contributed by atoms with E-state index < -0.39 is 5.54 Å². The van der Waals surface area contributed by atoms with E-state index in [1.165, 1.54) is 6.39 Å². The Bertz CT molecular complexity index is 479. The van der Waals surface area contributed by atoms with Crippen LogP contribution in [0.5, 0.6) is 0 Å². The van der Waals surface area contributed by atoms with Gasteiger partial charge in [-0.15, -0.1) is 5.10 Å². The van der Waals surface area contributed by atoms with Crippen molar-refractivity contribution in [1.82, 2.24) is 20.0 Å². The van der Waals surface area contributed by atoms with Gasteiger partial charge in [0.15, 0.2) is 6.39 Å². The largest absolute Gasteiger partial charge is 0.448 e. The van der Waals surface area contributed by atoms with Crippen molar-refractivity contribution < 1.29 is 4.42 Å². The SMILES string of the molecule is Cc1ocnc1Cn1cc(C(C)(C)N)nn1. The molecule has 2 N–H and O–H groups in total. The molecule has 2 heterocycles. The molecular weight excluding hydrogens is 206 g/mol. The summed E-state index contributed by atoms with van der Waals surface area (Å²) in [6.07, 6.45) is 3.25. The van der Waals surface area contributed by atoms with Gasteiger partial charge in [-0.25, -0.2) is 9.67 Å². The Morgan fingerprint density at radius 2 is 2.25 bits per heavy atom. The van der Waals surface area contributed by atoms with E-state index in [1.807, 2.05) is 27.0 Å². The second-order valence-electron chi connectivity index (χ2n) is 4.38. The lowest BCUT2D eigenvalue weighted by atomic mass is 10.0. The maximum Gasteiger partial charge on any atom is 0.181 e. The predicted octanol–water partition coefficient (Wildman–Crippen LogP) is 0.817. The van der Waals surface area contributed by atoms with E-state index in [0.29, 0.717) is 6.54 Å². The summed E-state index contributed by atoms with van der Waals surface area (Å²) in [7, 11) is 0. The van der Waals surface area contributed by atoms with Gasteiger partial charge in [-0.2, -0.15) is 0 Å². The summed E-state index contributed by atoms with van der Waals surface area (Å²) in [5.41, 5.74) is 7.06. The Hall–Kier alpha value is -1.69. The van der Waals surface area contributed by atoms with Crippen molar-refractivity contribution in [2.45, 2.75) is 32.9 Å². The maximum atomic E-state index is 5.92. The lowest BCUT2D eigenvalue weighted by Gasteiger charge is -2.13. The first-order valence-corrected chi connectivity index (χ1v) is 5.05. The summed E-state index contributed by atoms with van der Waals surface area (Å²) in [5.74, 6) is 0.795. The Morgan fingerprint density at radius 1 is 1.50 bits per heavy atom. The fraction of sp³-hybridized carbons (Fsp3) is 0.500. The number of oxazole rings is 1. The average Bonchev–Trinajstić information content (AvgIpc) is 2.76. The maximum absolute atomic E-state index is 5.92. The van der Waals surface area contributed by atoms with Crippen LogP contribution in [0, 0.1) is 6.92 Å². The van der Waals surface area contributed by atoms with Crippen LogP contribution in [0.4, 0.5) is 0 Å². The van der Waals surface area contributed by atoms with Crippen molar-refractivity contribution in [3.8, 4) is 0 Å². The summed E-state index contributed by atoms with van der Waals surface area (Å²) in [5, 5.41) is 8.03. The first kappa shape index (κ1) is 10.8. The molecule has 0 unspecified atom stereocenters. The van der Waals surface area contributed by atoms with Crippen LogP contribution in [-0.4, -0.2) is 20.0 Å². The summed E-state index contributed by atoms with van der Waals surface area (Å²) >= 11 is 0. The molecule has 0 saturated heterocycles. The number of aryl methyl sites for hydroxylation is 1. The quantitative estimate of drug-likeness (QED) is 0.829. The highest BCUT2D eigenvalue weighted by Crippen LogP contribution is 2.13. The van der Waals surface area contributed by atoms with E-state index in [-0.39, 0.29) is 0 Å². The van der Waals surface area contributed by atoms with Gasteiger partial charge in [0.2, 0.25) is 0 Å². The van der Waals surface area contributed by atoms with E-state index in [0.717, 1.165) is 17.1 Å². The second-order valence-corrected chi connectivity index (χ2v) is 4.38. The average molecular weight is 221 g/mol. The van der Waals surface area contributed by atoms with Crippen molar-refractivity contribution in [2.75, 3.05) is 0 Å². The van der Waals surface area contributed by atoms with Crippen molar-refractivity contribution in [2.24, 2.45) is 5.73 Å². The highest BCUT2D eigenvalue weighted by molar-refractivity contribution is 5.09. The number of hydrogen-bond acceptors (Lipinski definition) is 5. The van der Waals surface area contributed by atoms with Crippen molar-refractivity contribution in [3.05, 3.63) is 29.7 Å². The molecule has 0 aliphatic carbocycles. The van der Waals surface area contributed by atoms with Crippen LogP contribution in [0.3, 0.4) is 0 Å². The first-order chi connectivity index (χ1) is 7.47. The minimum atomic E-state index is -0.475. The third-order valence-corrected chi connectivity index (χ3v) is 2.35.